The summed E-state index contributed by atoms with van der Waals surface area (Å²) in [6, 6.07) is 5.11. The Labute approximate surface area is 141 Å². The van der Waals surface area contributed by atoms with Crippen molar-refractivity contribution in [3.8, 4) is 5.75 Å². The molecule has 1 amide bonds. The van der Waals surface area contributed by atoms with Gasteiger partial charge in [-0.25, -0.2) is 0 Å². The van der Waals surface area contributed by atoms with E-state index in [1.807, 2.05) is 20.8 Å². The standard InChI is InChI=1S/C18H22ClNO3/c1-16(2)17(3)7-8-18(16,10-14(17)21)15(22)20-12-9-11(19)5-6-13(12)23-4/h5-6,9H,7-8,10H2,1-4H3,(H,20,22). The fourth-order valence-corrected chi connectivity index (χ4v) is 4.55. The van der Waals surface area contributed by atoms with Crippen LogP contribution >= 0.6 is 11.6 Å². The first kappa shape index (κ1) is 16.3. The van der Waals surface area contributed by atoms with Gasteiger partial charge >= 0.3 is 0 Å². The van der Waals surface area contributed by atoms with Crippen molar-refractivity contribution in [3.05, 3.63) is 23.2 Å². The summed E-state index contributed by atoms with van der Waals surface area (Å²) >= 11 is 6.03. The summed E-state index contributed by atoms with van der Waals surface area (Å²) in [7, 11) is 1.55. The van der Waals surface area contributed by atoms with E-state index in [9.17, 15) is 9.59 Å². The minimum atomic E-state index is -0.661. The lowest BCUT2D eigenvalue weighted by Crippen LogP contribution is -2.43. The lowest BCUT2D eigenvalue weighted by molar-refractivity contribution is -0.131. The Hall–Kier alpha value is -1.55. The summed E-state index contributed by atoms with van der Waals surface area (Å²) in [6.45, 7) is 6.08. The van der Waals surface area contributed by atoms with Gasteiger partial charge in [0.2, 0.25) is 5.91 Å². The van der Waals surface area contributed by atoms with Crippen molar-refractivity contribution in [1.29, 1.82) is 0 Å². The maximum absolute atomic E-state index is 13.1. The molecule has 2 atom stereocenters. The molecule has 0 saturated heterocycles. The van der Waals surface area contributed by atoms with Crippen molar-refractivity contribution in [2.45, 2.75) is 40.0 Å². The molecule has 2 bridgehead atoms. The minimum Gasteiger partial charge on any atom is -0.495 e. The summed E-state index contributed by atoms with van der Waals surface area (Å²) in [4.78, 5) is 25.6. The third kappa shape index (κ3) is 1.97. The maximum atomic E-state index is 13.1. The van der Waals surface area contributed by atoms with Crippen LogP contribution < -0.4 is 10.1 Å². The first-order valence-corrected chi connectivity index (χ1v) is 8.24. The number of ketones is 1. The van der Waals surface area contributed by atoms with Crippen molar-refractivity contribution in [2.24, 2.45) is 16.2 Å². The molecular formula is C18H22ClNO3. The topological polar surface area (TPSA) is 55.4 Å². The highest BCUT2D eigenvalue weighted by molar-refractivity contribution is 6.31. The summed E-state index contributed by atoms with van der Waals surface area (Å²) < 4.78 is 5.29. The van der Waals surface area contributed by atoms with Gasteiger partial charge in [0, 0.05) is 16.9 Å². The molecule has 5 heteroatoms. The van der Waals surface area contributed by atoms with Crippen LogP contribution in [0.4, 0.5) is 5.69 Å². The number of halogens is 1. The van der Waals surface area contributed by atoms with Gasteiger partial charge in [-0.15, -0.1) is 0 Å². The van der Waals surface area contributed by atoms with Gasteiger partial charge < -0.3 is 10.1 Å². The Morgan fingerprint density at radius 3 is 2.48 bits per heavy atom. The summed E-state index contributed by atoms with van der Waals surface area (Å²) in [5.41, 5.74) is -0.898. The van der Waals surface area contributed by atoms with Crippen LogP contribution in [-0.2, 0) is 9.59 Å². The number of carbonyl (C=O) groups is 2. The second kappa shape index (κ2) is 4.97. The molecule has 0 aromatic heterocycles. The van der Waals surface area contributed by atoms with Crippen molar-refractivity contribution in [2.75, 3.05) is 12.4 Å². The normalized spacial score (nSPS) is 31.3. The molecular weight excluding hydrogens is 314 g/mol. The van der Waals surface area contributed by atoms with Gasteiger partial charge in [0.1, 0.15) is 11.5 Å². The lowest BCUT2D eigenvalue weighted by Gasteiger charge is -2.38. The summed E-state index contributed by atoms with van der Waals surface area (Å²) in [6.07, 6.45) is 1.81. The van der Waals surface area contributed by atoms with E-state index in [2.05, 4.69) is 5.32 Å². The second-order valence-electron chi connectivity index (χ2n) is 7.44. The molecule has 0 heterocycles. The van der Waals surface area contributed by atoms with Gasteiger partial charge in [-0.05, 0) is 36.5 Å². The third-order valence-electron chi connectivity index (χ3n) is 6.55. The number of Topliss-reactive ketones (excluding diaryl/α,β-unsaturated/α-hetero) is 1. The fraction of sp³-hybridized carbons (Fsp3) is 0.556. The zero-order valence-corrected chi connectivity index (χ0v) is 14.7. The van der Waals surface area contributed by atoms with E-state index in [0.29, 0.717) is 22.9 Å². The predicted molar refractivity (Wildman–Crippen MR) is 89.8 cm³/mol. The molecule has 0 radical (unpaired) electrons. The van der Waals surface area contributed by atoms with Crippen LogP contribution in [0.15, 0.2) is 18.2 Å². The quantitative estimate of drug-likeness (QED) is 0.905. The van der Waals surface area contributed by atoms with Crippen LogP contribution in [0, 0.1) is 16.2 Å². The number of hydrogen-bond donors (Lipinski definition) is 1. The van der Waals surface area contributed by atoms with Gasteiger partial charge in [0.05, 0.1) is 18.2 Å². The first-order chi connectivity index (χ1) is 10.7. The van der Waals surface area contributed by atoms with Crippen molar-refractivity contribution in [1.82, 2.24) is 0 Å². The van der Waals surface area contributed by atoms with E-state index in [-0.39, 0.29) is 17.1 Å². The Bertz CT molecular complexity index is 700. The number of fused-ring (bicyclic) bond motifs is 2. The van der Waals surface area contributed by atoms with Crippen LogP contribution in [0.25, 0.3) is 0 Å². The number of ether oxygens (including phenoxy) is 1. The number of methoxy groups -OCH3 is 1. The summed E-state index contributed by atoms with van der Waals surface area (Å²) in [5.74, 6) is 0.640. The number of rotatable bonds is 3. The number of benzene rings is 1. The minimum absolute atomic E-state index is 0.113. The van der Waals surface area contributed by atoms with Gasteiger partial charge in [0.25, 0.3) is 0 Å². The van der Waals surface area contributed by atoms with Crippen molar-refractivity contribution < 1.29 is 14.3 Å². The first-order valence-electron chi connectivity index (χ1n) is 7.86. The molecule has 1 aromatic carbocycles. The Morgan fingerprint density at radius 2 is 1.96 bits per heavy atom. The van der Waals surface area contributed by atoms with E-state index < -0.39 is 10.8 Å². The maximum Gasteiger partial charge on any atom is 0.231 e. The van der Waals surface area contributed by atoms with Gasteiger partial charge in [-0.2, -0.15) is 0 Å². The molecule has 1 N–H and O–H groups in total. The molecule has 124 valence electrons. The Morgan fingerprint density at radius 1 is 1.26 bits per heavy atom. The molecule has 4 nitrogen and oxygen atoms in total. The van der Waals surface area contributed by atoms with E-state index in [4.69, 9.17) is 16.3 Å². The van der Waals surface area contributed by atoms with Crippen LogP contribution in [0.1, 0.15) is 40.0 Å². The number of amides is 1. The Kier molecular flexibility index (Phi) is 3.53. The monoisotopic (exact) mass is 335 g/mol. The molecule has 1 aromatic rings. The molecule has 0 spiro atoms. The van der Waals surface area contributed by atoms with Crippen LogP contribution in [-0.4, -0.2) is 18.8 Å². The van der Waals surface area contributed by atoms with Crippen LogP contribution in [0.5, 0.6) is 5.75 Å². The molecule has 0 aliphatic heterocycles. The molecule has 3 rings (SSSR count). The third-order valence-corrected chi connectivity index (χ3v) is 6.78. The van der Waals surface area contributed by atoms with Gasteiger partial charge in [0.15, 0.2) is 0 Å². The van der Waals surface area contributed by atoms with E-state index >= 15 is 0 Å². The molecule has 23 heavy (non-hydrogen) atoms. The van der Waals surface area contributed by atoms with Crippen LogP contribution in [0.3, 0.4) is 0 Å². The zero-order valence-electron chi connectivity index (χ0n) is 14.0. The Balaban J connectivity index is 1.96. The SMILES string of the molecule is COc1ccc(Cl)cc1NC(=O)C12CCC(C)(C(=O)C1)C2(C)C. The van der Waals surface area contributed by atoms with E-state index in [0.717, 1.165) is 12.8 Å². The molecule has 2 aliphatic carbocycles. The molecule has 2 fully saturated rings. The van der Waals surface area contributed by atoms with E-state index in [1.165, 1.54) is 0 Å². The molecule has 2 saturated carbocycles. The average Bonchev–Trinajstić information content (AvgIpc) is 2.78. The number of hydrogen-bond acceptors (Lipinski definition) is 3. The number of nitrogens with one attached hydrogen (secondary N) is 1. The largest absolute Gasteiger partial charge is 0.495 e. The van der Waals surface area contributed by atoms with Crippen molar-refractivity contribution >= 4 is 29.0 Å². The molecule has 2 aliphatic rings. The highest BCUT2D eigenvalue weighted by atomic mass is 35.5. The second-order valence-corrected chi connectivity index (χ2v) is 7.87. The van der Waals surface area contributed by atoms with Gasteiger partial charge in [-0.3, -0.25) is 9.59 Å². The smallest absolute Gasteiger partial charge is 0.231 e. The van der Waals surface area contributed by atoms with Crippen molar-refractivity contribution in [3.63, 3.8) is 0 Å². The molecule has 2 unspecified atom stereocenters. The zero-order chi connectivity index (χ0) is 17.0. The van der Waals surface area contributed by atoms with Crippen LogP contribution in [0.2, 0.25) is 5.02 Å². The highest BCUT2D eigenvalue weighted by Crippen LogP contribution is 2.70. The van der Waals surface area contributed by atoms with E-state index in [1.54, 1.807) is 25.3 Å². The van der Waals surface area contributed by atoms with Gasteiger partial charge in [-0.1, -0.05) is 32.4 Å². The average molecular weight is 336 g/mol. The number of anilines is 1. The summed E-state index contributed by atoms with van der Waals surface area (Å²) in [5, 5.41) is 3.48. The number of carbonyl (C=O) groups excluding carboxylic acids is 2. The highest BCUT2D eigenvalue weighted by Gasteiger charge is 2.72. The fourth-order valence-electron chi connectivity index (χ4n) is 4.38. The lowest BCUT2D eigenvalue weighted by atomic mass is 9.64. The predicted octanol–water partition coefficient (Wildman–Crippen LogP) is 4.07.